The second kappa shape index (κ2) is 8.04. The standard InChI is InChI=1S/C21H22F3NO6S/c1-28-17-5-4-12-8-16-14-10-19(31-32(26,27)21(22,23)24)18(29-2)9-13(14)6-7-25(16)11-15(12)20(17)30-3/h4-5,9-10,16H,6-8,11H2,1-3H3/t16-/m0/s1. The van der Waals surface area contributed by atoms with Crippen LogP contribution in [-0.2, 0) is 29.5 Å². The molecule has 1 atom stereocenters. The Morgan fingerprint density at radius 3 is 2.31 bits per heavy atom. The maximum Gasteiger partial charge on any atom is 0.534 e. The van der Waals surface area contributed by atoms with E-state index in [1.54, 1.807) is 20.3 Å². The third kappa shape index (κ3) is 3.73. The number of hydrogen-bond donors (Lipinski definition) is 0. The predicted molar refractivity (Wildman–Crippen MR) is 109 cm³/mol. The van der Waals surface area contributed by atoms with Gasteiger partial charge in [0.1, 0.15) is 0 Å². The summed E-state index contributed by atoms with van der Waals surface area (Å²) < 4.78 is 82.3. The fraction of sp³-hybridized carbons (Fsp3) is 0.429. The normalized spacial score (nSPS) is 18.2. The molecule has 0 unspecified atom stereocenters. The van der Waals surface area contributed by atoms with E-state index in [1.165, 1.54) is 13.2 Å². The first kappa shape index (κ1) is 22.5. The summed E-state index contributed by atoms with van der Waals surface area (Å²) in [6.45, 7) is 1.27. The van der Waals surface area contributed by atoms with E-state index in [-0.39, 0.29) is 11.8 Å². The van der Waals surface area contributed by atoms with Gasteiger partial charge in [0.05, 0.1) is 21.3 Å². The molecule has 2 heterocycles. The second-order valence-electron chi connectivity index (χ2n) is 7.56. The zero-order valence-electron chi connectivity index (χ0n) is 17.7. The van der Waals surface area contributed by atoms with Crippen molar-refractivity contribution in [3.63, 3.8) is 0 Å². The summed E-state index contributed by atoms with van der Waals surface area (Å²) in [7, 11) is -1.44. The number of nitrogens with zero attached hydrogens (tertiary/aromatic N) is 1. The molecule has 0 saturated carbocycles. The summed E-state index contributed by atoms with van der Waals surface area (Å²) in [6.07, 6.45) is 1.19. The van der Waals surface area contributed by atoms with E-state index in [2.05, 4.69) is 9.08 Å². The second-order valence-corrected chi connectivity index (χ2v) is 9.10. The fourth-order valence-corrected chi connectivity index (χ4v) is 4.85. The number of halogens is 3. The zero-order valence-corrected chi connectivity index (χ0v) is 18.5. The molecule has 0 amide bonds. The molecule has 7 nitrogen and oxygen atoms in total. The average Bonchev–Trinajstić information content (AvgIpc) is 2.75. The van der Waals surface area contributed by atoms with Gasteiger partial charge in [0.15, 0.2) is 23.0 Å². The molecule has 4 rings (SSSR count). The highest BCUT2D eigenvalue weighted by Crippen LogP contribution is 2.46. The van der Waals surface area contributed by atoms with Gasteiger partial charge in [-0.05, 0) is 47.7 Å². The maximum absolute atomic E-state index is 12.9. The Labute approximate surface area is 183 Å². The Hall–Kier alpha value is -2.66. The van der Waals surface area contributed by atoms with Crippen molar-refractivity contribution in [1.82, 2.24) is 4.90 Å². The molecule has 2 aromatic rings. The van der Waals surface area contributed by atoms with Gasteiger partial charge in [-0.1, -0.05) is 6.07 Å². The van der Waals surface area contributed by atoms with Crippen molar-refractivity contribution in [3.8, 4) is 23.0 Å². The molecule has 0 spiro atoms. The molecule has 0 N–H and O–H groups in total. The van der Waals surface area contributed by atoms with Crippen molar-refractivity contribution in [3.05, 3.63) is 46.5 Å². The molecule has 2 aromatic carbocycles. The number of rotatable bonds is 5. The van der Waals surface area contributed by atoms with Crippen LogP contribution in [0.15, 0.2) is 24.3 Å². The van der Waals surface area contributed by atoms with Crippen LogP contribution in [0.2, 0.25) is 0 Å². The average molecular weight is 473 g/mol. The molecule has 0 fully saturated rings. The van der Waals surface area contributed by atoms with Crippen molar-refractivity contribution < 1.29 is 40.0 Å². The first-order chi connectivity index (χ1) is 15.1. The van der Waals surface area contributed by atoms with Crippen LogP contribution in [0.5, 0.6) is 23.0 Å². The number of alkyl halides is 3. The Morgan fingerprint density at radius 1 is 0.969 bits per heavy atom. The molecule has 32 heavy (non-hydrogen) atoms. The quantitative estimate of drug-likeness (QED) is 0.485. The first-order valence-corrected chi connectivity index (χ1v) is 11.2. The minimum absolute atomic E-state index is 0.0624. The fourth-order valence-electron chi connectivity index (χ4n) is 4.39. The summed E-state index contributed by atoms with van der Waals surface area (Å²) in [5, 5.41) is 0. The maximum atomic E-state index is 12.9. The Kier molecular flexibility index (Phi) is 5.66. The van der Waals surface area contributed by atoms with Gasteiger partial charge in [-0.2, -0.15) is 21.6 Å². The molecule has 2 aliphatic heterocycles. The van der Waals surface area contributed by atoms with Gasteiger partial charge in [-0.3, -0.25) is 4.90 Å². The monoisotopic (exact) mass is 473 g/mol. The van der Waals surface area contributed by atoms with E-state index in [0.29, 0.717) is 43.0 Å². The van der Waals surface area contributed by atoms with E-state index in [9.17, 15) is 21.6 Å². The zero-order chi connectivity index (χ0) is 23.3. The summed E-state index contributed by atoms with van der Waals surface area (Å²) in [5.74, 6) is 0.736. The van der Waals surface area contributed by atoms with Crippen molar-refractivity contribution >= 4 is 10.1 Å². The Morgan fingerprint density at radius 2 is 1.69 bits per heavy atom. The van der Waals surface area contributed by atoms with Crippen LogP contribution in [0, 0.1) is 0 Å². The van der Waals surface area contributed by atoms with E-state index >= 15 is 0 Å². The highest BCUT2D eigenvalue weighted by molar-refractivity contribution is 7.88. The third-order valence-corrected chi connectivity index (χ3v) is 6.86. The molecular formula is C21H22F3NO6S. The molecule has 0 bridgehead atoms. The summed E-state index contributed by atoms with van der Waals surface area (Å²) in [5.41, 5.74) is -1.93. The summed E-state index contributed by atoms with van der Waals surface area (Å²) in [6, 6.07) is 6.50. The van der Waals surface area contributed by atoms with Gasteiger partial charge in [-0.15, -0.1) is 0 Å². The molecule has 0 aromatic heterocycles. The van der Waals surface area contributed by atoms with E-state index in [0.717, 1.165) is 16.7 Å². The molecule has 0 saturated heterocycles. The van der Waals surface area contributed by atoms with Crippen LogP contribution >= 0.6 is 0 Å². The predicted octanol–water partition coefficient (Wildman–Crippen LogP) is 3.60. The van der Waals surface area contributed by atoms with Crippen molar-refractivity contribution in [1.29, 1.82) is 0 Å². The Bertz CT molecular complexity index is 1150. The lowest BCUT2D eigenvalue weighted by molar-refractivity contribution is -0.0500. The largest absolute Gasteiger partial charge is 0.534 e. The van der Waals surface area contributed by atoms with E-state index in [4.69, 9.17) is 14.2 Å². The third-order valence-electron chi connectivity index (χ3n) is 5.90. The van der Waals surface area contributed by atoms with Crippen molar-refractivity contribution in [2.24, 2.45) is 0 Å². The van der Waals surface area contributed by atoms with Gasteiger partial charge in [-0.25, -0.2) is 0 Å². The highest BCUT2D eigenvalue weighted by Gasteiger charge is 2.49. The minimum Gasteiger partial charge on any atom is -0.493 e. The van der Waals surface area contributed by atoms with Gasteiger partial charge in [0.2, 0.25) is 0 Å². The van der Waals surface area contributed by atoms with Gasteiger partial charge < -0.3 is 18.4 Å². The highest BCUT2D eigenvalue weighted by atomic mass is 32.2. The Balaban J connectivity index is 1.75. The lowest BCUT2D eigenvalue weighted by Crippen LogP contribution is -2.39. The molecule has 11 heteroatoms. The topological polar surface area (TPSA) is 74.3 Å². The number of benzene rings is 2. The molecule has 0 aliphatic carbocycles. The van der Waals surface area contributed by atoms with E-state index < -0.39 is 21.4 Å². The van der Waals surface area contributed by atoms with E-state index in [1.807, 2.05) is 12.1 Å². The summed E-state index contributed by atoms with van der Waals surface area (Å²) in [4.78, 5) is 2.18. The molecule has 174 valence electrons. The minimum atomic E-state index is -5.83. The van der Waals surface area contributed by atoms with Gasteiger partial charge in [0.25, 0.3) is 0 Å². The lowest BCUT2D eigenvalue weighted by Gasteiger charge is -2.42. The smallest absolute Gasteiger partial charge is 0.493 e. The van der Waals surface area contributed by atoms with Gasteiger partial charge >= 0.3 is 15.6 Å². The first-order valence-electron chi connectivity index (χ1n) is 9.78. The molecular weight excluding hydrogens is 451 g/mol. The van der Waals surface area contributed by atoms with Crippen LogP contribution < -0.4 is 18.4 Å². The van der Waals surface area contributed by atoms with Crippen molar-refractivity contribution in [2.75, 3.05) is 27.9 Å². The van der Waals surface area contributed by atoms with Gasteiger partial charge in [0, 0.05) is 24.7 Å². The van der Waals surface area contributed by atoms with Crippen LogP contribution in [0.1, 0.15) is 28.3 Å². The van der Waals surface area contributed by atoms with Crippen LogP contribution in [0.4, 0.5) is 13.2 Å². The number of hydrogen-bond acceptors (Lipinski definition) is 7. The lowest BCUT2D eigenvalue weighted by atomic mass is 9.83. The summed E-state index contributed by atoms with van der Waals surface area (Å²) >= 11 is 0. The number of methoxy groups -OCH3 is 3. The van der Waals surface area contributed by atoms with Crippen LogP contribution in [-0.4, -0.2) is 46.7 Å². The SMILES string of the molecule is COc1cc2c(cc1OS(=O)(=O)C(F)(F)F)[C@@H]1Cc3ccc(OC)c(OC)c3CN1CC2. The van der Waals surface area contributed by atoms with Crippen LogP contribution in [0.3, 0.4) is 0 Å². The van der Waals surface area contributed by atoms with Crippen LogP contribution in [0.25, 0.3) is 0 Å². The van der Waals surface area contributed by atoms with Crippen molar-refractivity contribution in [2.45, 2.75) is 30.9 Å². The number of ether oxygens (including phenoxy) is 3. The molecule has 0 radical (unpaired) electrons. The number of fused-ring (bicyclic) bond motifs is 4. The molecule has 2 aliphatic rings.